The molecule has 7 heteroatoms. The highest BCUT2D eigenvalue weighted by Crippen LogP contribution is 2.30. The molecule has 0 unspecified atom stereocenters. The minimum absolute atomic E-state index is 0.199. The molecule has 0 saturated heterocycles. The number of aromatic nitrogens is 2. The molecule has 2 aromatic carbocycles. The predicted octanol–water partition coefficient (Wildman–Crippen LogP) is 3.90. The Morgan fingerprint density at radius 1 is 1.00 bits per heavy atom. The van der Waals surface area contributed by atoms with Gasteiger partial charge in [0.15, 0.2) is 11.5 Å². The summed E-state index contributed by atoms with van der Waals surface area (Å²) in [6.45, 7) is 2.46. The SMILES string of the molecule is CCN(C(=O)c1ccc(Nc2ccc(OC)cc2OC)nn1)c1ccccc1. The number of hydrogen-bond donors (Lipinski definition) is 1. The van der Waals surface area contributed by atoms with Crippen molar-refractivity contribution in [2.45, 2.75) is 6.92 Å². The van der Waals surface area contributed by atoms with E-state index in [0.717, 1.165) is 11.4 Å². The van der Waals surface area contributed by atoms with Gasteiger partial charge in [-0.25, -0.2) is 0 Å². The first-order valence-corrected chi connectivity index (χ1v) is 8.86. The number of rotatable bonds is 7. The number of hydrogen-bond acceptors (Lipinski definition) is 6. The minimum Gasteiger partial charge on any atom is -0.497 e. The summed E-state index contributed by atoms with van der Waals surface area (Å²) in [6.07, 6.45) is 0. The fourth-order valence-corrected chi connectivity index (χ4v) is 2.74. The molecule has 1 N–H and O–H groups in total. The van der Waals surface area contributed by atoms with Crippen LogP contribution in [-0.2, 0) is 0 Å². The average Bonchev–Trinajstić information content (AvgIpc) is 2.75. The number of methoxy groups -OCH3 is 2. The van der Waals surface area contributed by atoms with Gasteiger partial charge in [0.1, 0.15) is 11.5 Å². The van der Waals surface area contributed by atoms with Gasteiger partial charge in [0.05, 0.1) is 19.9 Å². The first-order valence-electron chi connectivity index (χ1n) is 8.86. The molecule has 0 fully saturated rings. The Balaban J connectivity index is 1.77. The number of carbonyl (C=O) groups excluding carboxylic acids is 1. The molecule has 144 valence electrons. The second-order valence-corrected chi connectivity index (χ2v) is 5.88. The zero-order chi connectivity index (χ0) is 19.9. The van der Waals surface area contributed by atoms with E-state index in [1.165, 1.54) is 0 Å². The van der Waals surface area contributed by atoms with Crippen LogP contribution in [0, 0.1) is 0 Å². The van der Waals surface area contributed by atoms with Crippen molar-refractivity contribution in [3.05, 3.63) is 66.4 Å². The van der Waals surface area contributed by atoms with E-state index in [1.807, 2.05) is 49.4 Å². The van der Waals surface area contributed by atoms with Crippen molar-refractivity contribution in [2.75, 3.05) is 31.0 Å². The van der Waals surface area contributed by atoms with Crippen molar-refractivity contribution < 1.29 is 14.3 Å². The van der Waals surface area contributed by atoms with Crippen LogP contribution in [0.4, 0.5) is 17.2 Å². The van der Waals surface area contributed by atoms with Crippen molar-refractivity contribution in [3.8, 4) is 11.5 Å². The Morgan fingerprint density at radius 2 is 1.79 bits per heavy atom. The zero-order valence-corrected chi connectivity index (χ0v) is 16.0. The highest BCUT2D eigenvalue weighted by atomic mass is 16.5. The third-order valence-corrected chi connectivity index (χ3v) is 4.18. The monoisotopic (exact) mass is 378 g/mol. The molecule has 0 bridgehead atoms. The van der Waals surface area contributed by atoms with Gasteiger partial charge in [-0.3, -0.25) is 4.79 Å². The summed E-state index contributed by atoms with van der Waals surface area (Å²) >= 11 is 0. The Kier molecular flexibility index (Phi) is 6.06. The lowest BCUT2D eigenvalue weighted by Gasteiger charge is -2.20. The number of anilines is 3. The summed E-state index contributed by atoms with van der Waals surface area (Å²) in [6, 6.07) is 18.3. The van der Waals surface area contributed by atoms with E-state index in [9.17, 15) is 4.79 Å². The van der Waals surface area contributed by atoms with Gasteiger partial charge in [-0.2, -0.15) is 0 Å². The summed E-state index contributed by atoms with van der Waals surface area (Å²) in [5.41, 5.74) is 1.82. The maximum Gasteiger partial charge on any atom is 0.278 e. The Hall–Kier alpha value is -3.61. The first-order chi connectivity index (χ1) is 13.7. The van der Waals surface area contributed by atoms with E-state index in [0.29, 0.717) is 23.9 Å². The normalized spacial score (nSPS) is 10.2. The Bertz CT molecular complexity index is 930. The van der Waals surface area contributed by atoms with E-state index >= 15 is 0 Å². The van der Waals surface area contributed by atoms with E-state index in [1.54, 1.807) is 37.3 Å². The van der Waals surface area contributed by atoms with Crippen molar-refractivity contribution in [3.63, 3.8) is 0 Å². The van der Waals surface area contributed by atoms with Crippen molar-refractivity contribution in [1.29, 1.82) is 0 Å². The van der Waals surface area contributed by atoms with Crippen LogP contribution in [0.2, 0.25) is 0 Å². The average molecular weight is 378 g/mol. The minimum atomic E-state index is -0.199. The van der Waals surface area contributed by atoms with Crippen LogP contribution < -0.4 is 19.7 Å². The molecular formula is C21H22N4O3. The van der Waals surface area contributed by atoms with Gasteiger partial charge in [0.2, 0.25) is 0 Å². The first kappa shape index (κ1) is 19.2. The van der Waals surface area contributed by atoms with Gasteiger partial charge >= 0.3 is 0 Å². The molecule has 28 heavy (non-hydrogen) atoms. The lowest BCUT2D eigenvalue weighted by molar-refractivity contribution is 0.0982. The number of amides is 1. The number of ether oxygens (including phenoxy) is 2. The molecule has 0 atom stereocenters. The third-order valence-electron chi connectivity index (χ3n) is 4.18. The smallest absolute Gasteiger partial charge is 0.278 e. The molecule has 0 saturated carbocycles. The highest BCUT2D eigenvalue weighted by Gasteiger charge is 2.18. The molecule has 0 aliphatic heterocycles. The van der Waals surface area contributed by atoms with Crippen LogP contribution in [0.5, 0.6) is 11.5 Å². The molecule has 1 amide bonds. The van der Waals surface area contributed by atoms with Crippen LogP contribution in [0.15, 0.2) is 60.7 Å². The predicted molar refractivity (Wildman–Crippen MR) is 109 cm³/mol. The van der Waals surface area contributed by atoms with Gasteiger partial charge in [-0.1, -0.05) is 18.2 Å². The second kappa shape index (κ2) is 8.85. The number of benzene rings is 2. The van der Waals surface area contributed by atoms with Crippen molar-refractivity contribution in [1.82, 2.24) is 10.2 Å². The summed E-state index contributed by atoms with van der Waals surface area (Å²) < 4.78 is 10.6. The molecule has 3 aromatic rings. The van der Waals surface area contributed by atoms with E-state index in [4.69, 9.17) is 9.47 Å². The Labute approximate surface area is 163 Å². The van der Waals surface area contributed by atoms with E-state index in [2.05, 4.69) is 15.5 Å². The topological polar surface area (TPSA) is 76.6 Å². The standard InChI is InChI=1S/C21H22N4O3/c1-4-25(15-8-6-5-7-9-15)21(26)18-12-13-20(24-23-18)22-17-11-10-16(27-2)14-19(17)28-3/h5-14H,4H2,1-3H3,(H,22,24). The Morgan fingerprint density at radius 3 is 2.39 bits per heavy atom. The fourth-order valence-electron chi connectivity index (χ4n) is 2.74. The molecule has 0 aliphatic rings. The van der Waals surface area contributed by atoms with Crippen LogP contribution >= 0.6 is 0 Å². The van der Waals surface area contributed by atoms with Gasteiger partial charge in [-0.15, -0.1) is 10.2 Å². The van der Waals surface area contributed by atoms with Gasteiger partial charge < -0.3 is 19.7 Å². The summed E-state index contributed by atoms with van der Waals surface area (Å²) in [5.74, 6) is 1.61. The molecule has 0 aliphatic carbocycles. The van der Waals surface area contributed by atoms with Crippen molar-refractivity contribution >= 4 is 23.1 Å². The van der Waals surface area contributed by atoms with Crippen LogP contribution in [0.25, 0.3) is 0 Å². The van der Waals surface area contributed by atoms with Gasteiger partial charge in [-0.05, 0) is 43.3 Å². The van der Waals surface area contributed by atoms with E-state index in [-0.39, 0.29) is 11.6 Å². The lowest BCUT2D eigenvalue weighted by Crippen LogP contribution is -2.31. The van der Waals surface area contributed by atoms with E-state index < -0.39 is 0 Å². The summed E-state index contributed by atoms with van der Waals surface area (Å²) in [5, 5.41) is 11.4. The van der Waals surface area contributed by atoms with Crippen LogP contribution in [0.3, 0.4) is 0 Å². The zero-order valence-electron chi connectivity index (χ0n) is 16.0. The van der Waals surface area contributed by atoms with Gasteiger partial charge in [0, 0.05) is 18.3 Å². The molecule has 1 aromatic heterocycles. The molecule has 0 radical (unpaired) electrons. The third kappa shape index (κ3) is 4.20. The molecule has 0 spiro atoms. The number of carbonyl (C=O) groups is 1. The lowest BCUT2D eigenvalue weighted by atomic mass is 10.2. The molecular weight excluding hydrogens is 356 g/mol. The maximum atomic E-state index is 12.8. The second-order valence-electron chi connectivity index (χ2n) is 5.88. The number of nitrogens with zero attached hydrogens (tertiary/aromatic N) is 3. The van der Waals surface area contributed by atoms with Crippen LogP contribution in [0.1, 0.15) is 17.4 Å². The number of nitrogens with one attached hydrogen (secondary N) is 1. The van der Waals surface area contributed by atoms with Gasteiger partial charge in [0.25, 0.3) is 5.91 Å². The molecule has 1 heterocycles. The maximum absolute atomic E-state index is 12.8. The fraction of sp³-hybridized carbons (Fsp3) is 0.190. The van der Waals surface area contributed by atoms with Crippen molar-refractivity contribution in [2.24, 2.45) is 0 Å². The number of para-hydroxylation sites is 1. The summed E-state index contributed by atoms with van der Waals surface area (Å²) in [7, 11) is 3.18. The summed E-state index contributed by atoms with van der Waals surface area (Å²) in [4.78, 5) is 14.4. The highest BCUT2D eigenvalue weighted by molar-refractivity contribution is 6.04. The quantitative estimate of drug-likeness (QED) is 0.672. The molecule has 3 rings (SSSR count). The van der Waals surface area contributed by atoms with Crippen LogP contribution in [-0.4, -0.2) is 36.9 Å². The molecule has 7 nitrogen and oxygen atoms in total. The largest absolute Gasteiger partial charge is 0.497 e.